The second-order valence-electron chi connectivity index (χ2n) is 6.23. The molecule has 0 saturated carbocycles. The summed E-state index contributed by atoms with van der Waals surface area (Å²) in [5.41, 5.74) is 6.38. The molecule has 1 N–H and O–H groups in total. The topological polar surface area (TPSA) is 61.8 Å². The summed E-state index contributed by atoms with van der Waals surface area (Å²) in [6, 6.07) is 0. The third-order valence-electron chi connectivity index (χ3n) is 4.45. The van der Waals surface area contributed by atoms with E-state index in [1.165, 1.54) is 30.4 Å². The molecule has 0 spiro atoms. The highest BCUT2D eigenvalue weighted by molar-refractivity contribution is 6.03. The molecule has 0 aromatic carbocycles. The first-order valence-electron chi connectivity index (χ1n) is 8.44. The van der Waals surface area contributed by atoms with Crippen LogP contribution >= 0.6 is 0 Å². The largest absolute Gasteiger partial charge is 0.333 e. The Bertz CT molecular complexity index is 494. The second kappa shape index (κ2) is 8.11. The number of hydrogen-bond acceptors (Lipinski definition) is 3. The molecule has 22 heavy (non-hydrogen) atoms. The highest BCUT2D eigenvalue weighted by Crippen LogP contribution is 2.27. The van der Waals surface area contributed by atoms with Gasteiger partial charge in [0, 0.05) is 13.0 Å². The number of hydrogen-bond donors (Lipinski definition) is 1. The molecule has 0 aromatic heterocycles. The first kappa shape index (κ1) is 16.7. The van der Waals surface area contributed by atoms with E-state index in [0.29, 0.717) is 13.0 Å². The van der Waals surface area contributed by atoms with Crippen LogP contribution in [0, 0.1) is 0 Å². The number of likely N-dealkylation sites (tertiary alicyclic amines) is 1. The van der Waals surface area contributed by atoms with Crippen LogP contribution < -0.4 is 5.43 Å². The summed E-state index contributed by atoms with van der Waals surface area (Å²) in [5.74, 6) is -0.125. The summed E-state index contributed by atoms with van der Waals surface area (Å²) < 4.78 is 0. The maximum absolute atomic E-state index is 11.9. The summed E-state index contributed by atoms with van der Waals surface area (Å²) in [6.45, 7) is 5.17. The molecule has 1 saturated heterocycles. The molecule has 5 nitrogen and oxygen atoms in total. The molecule has 2 amide bonds. The maximum atomic E-state index is 11.9. The number of unbranched alkanes of at least 4 members (excludes halogenated alkanes) is 2. The summed E-state index contributed by atoms with van der Waals surface area (Å²) >= 11 is 0. The maximum Gasteiger partial charge on any atom is 0.259 e. The van der Waals surface area contributed by atoms with Crippen LogP contribution in [0.1, 0.15) is 65.2 Å². The molecule has 5 heteroatoms. The minimum Gasteiger partial charge on any atom is -0.333 e. The first-order chi connectivity index (χ1) is 10.6. The SMILES string of the molecule is CCCCCC1=C(C)CCC1=NNC(=O)CN1CCCC1=O. The summed E-state index contributed by atoms with van der Waals surface area (Å²) in [7, 11) is 0. The molecule has 1 heterocycles. The van der Waals surface area contributed by atoms with Crippen LogP contribution in [0.4, 0.5) is 0 Å². The molecule has 2 aliphatic rings. The monoisotopic (exact) mass is 305 g/mol. The Morgan fingerprint density at radius 2 is 2.09 bits per heavy atom. The molecule has 0 aromatic rings. The highest BCUT2D eigenvalue weighted by Gasteiger charge is 2.23. The standard InChI is InChI=1S/C17H27N3O2/c1-3-4-5-7-14-13(2)9-10-15(14)18-19-16(21)12-20-11-6-8-17(20)22/h3-12H2,1-2H3,(H,19,21). The van der Waals surface area contributed by atoms with E-state index in [9.17, 15) is 9.59 Å². The van der Waals surface area contributed by atoms with Gasteiger partial charge in [-0.05, 0) is 44.6 Å². The molecule has 2 rings (SSSR count). The third-order valence-corrected chi connectivity index (χ3v) is 4.45. The van der Waals surface area contributed by atoms with Crippen molar-refractivity contribution in [2.45, 2.75) is 65.2 Å². The van der Waals surface area contributed by atoms with Gasteiger partial charge in [-0.3, -0.25) is 9.59 Å². The smallest absolute Gasteiger partial charge is 0.259 e. The Kier molecular flexibility index (Phi) is 6.16. The van der Waals surface area contributed by atoms with E-state index < -0.39 is 0 Å². The van der Waals surface area contributed by atoms with Gasteiger partial charge in [0.05, 0.1) is 5.71 Å². The van der Waals surface area contributed by atoms with Gasteiger partial charge >= 0.3 is 0 Å². The zero-order valence-electron chi connectivity index (χ0n) is 13.8. The van der Waals surface area contributed by atoms with Crippen LogP contribution in [0.5, 0.6) is 0 Å². The van der Waals surface area contributed by atoms with Crippen molar-refractivity contribution in [1.82, 2.24) is 10.3 Å². The lowest BCUT2D eigenvalue weighted by Gasteiger charge is -2.14. The Labute approximate surface area is 132 Å². The molecular formula is C17H27N3O2. The third kappa shape index (κ3) is 4.42. The van der Waals surface area contributed by atoms with Crippen molar-refractivity contribution >= 4 is 17.5 Å². The van der Waals surface area contributed by atoms with Gasteiger partial charge in [0.1, 0.15) is 6.54 Å². The fourth-order valence-electron chi connectivity index (χ4n) is 3.10. The first-order valence-corrected chi connectivity index (χ1v) is 8.44. The van der Waals surface area contributed by atoms with Crippen LogP contribution in [-0.4, -0.2) is 35.5 Å². The van der Waals surface area contributed by atoms with Gasteiger partial charge in [0.15, 0.2) is 0 Å². The van der Waals surface area contributed by atoms with Gasteiger partial charge in [0.2, 0.25) is 5.91 Å². The van der Waals surface area contributed by atoms with E-state index in [1.54, 1.807) is 4.90 Å². The molecule has 0 radical (unpaired) electrons. The van der Waals surface area contributed by atoms with Crippen molar-refractivity contribution in [3.8, 4) is 0 Å². The predicted molar refractivity (Wildman–Crippen MR) is 87.5 cm³/mol. The lowest BCUT2D eigenvalue weighted by molar-refractivity contribution is -0.133. The minimum atomic E-state index is -0.194. The summed E-state index contributed by atoms with van der Waals surface area (Å²) in [4.78, 5) is 25.0. The number of amides is 2. The molecule has 122 valence electrons. The molecule has 0 unspecified atom stereocenters. The van der Waals surface area contributed by atoms with Gasteiger partial charge in [-0.2, -0.15) is 5.10 Å². The average Bonchev–Trinajstić information content (AvgIpc) is 3.05. The van der Waals surface area contributed by atoms with Crippen molar-refractivity contribution in [1.29, 1.82) is 0 Å². The molecule has 1 aliphatic carbocycles. The number of hydrazone groups is 1. The van der Waals surface area contributed by atoms with E-state index in [-0.39, 0.29) is 18.4 Å². The van der Waals surface area contributed by atoms with E-state index in [0.717, 1.165) is 31.4 Å². The average molecular weight is 305 g/mol. The quantitative estimate of drug-likeness (QED) is 0.581. The Hall–Kier alpha value is -1.65. The number of carbonyl (C=O) groups excluding carboxylic acids is 2. The number of allylic oxidation sites excluding steroid dienone is 2. The molecule has 0 bridgehead atoms. The number of nitrogens with zero attached hydrogens (tertiary/aromatic N) is 2. The van der Waals surface area contributed by atoms with E-state index >= 15 is 0 Å². The van der Waals surface area contributed by atoms with Crippen molar-refractivity contribution in [3.63, 3.8) is 0 Å². The van der Waals surface area contributed by atoms with Crippen molar-refractivity contribution in [2.75, 3.05) is 13.1 Å². The van der Waals surface area contributed by atoms with Crippen LogP contribution in [0.15, 0.2) is 16.2 Å². The van der Waals surface area contributed by atoms with Crippen LogP contribution in [0.25, 0.3) is 0 Å². The lowest BCUT2D eigenvalue weighted by atomic mass is 10.0. The molecular weight excluding hydrogens is 278 g/mol. The van der Waals surface area contributed by atoms with Crippen LogP contribution in [-0.2, 0) is 9.59 Å². The highest BCUT2D eigenvalue weighted by atomic mass is 16.2. The lowest BCUT2D eigenvalue weighted by Crippen LogP contribution is -2.36. The van der Waals surface area contributed by atoms with Crippen LogP contribution in [0.2, 0.25) is 0 Å². The van der Waals surface area contributed by atoms with E-state index in [1.807, 2.05) is 0 Å². The van der Waals surface area contributed by atoms with Gasteiger partial charge in [-0.15, -0.1) is 0 Å². The number of nitrogens with one attached hydrogen (secondary N) is 1. The zero-order chi connectivity index (χ0) is 15.9. The van der Waals surface area contributed by atoms with Gasteiger partial charge < -0.3 is 4.90 Å². The normalized spacial score (nSPS) is 20.4. The fraction of sp³-hybridized carbons (Fsp3) is 0.706. The Morgan fingerprint density at radius 3 is 2.77 bits per heavy atom. The zero-order valence-corrected chi connectivity index (χ0v) is 13.8. The van der Waals surface area contributed by atoms with Crippen LogP contribution in [0.3, 0.4) is 0 Å². The number of carbonyl (C=O) groups is 2. The van der Waals surface area contributed by atoms with Gasteiger partial charge in [-0.1, -0.05) is 25.3 Å². The van der Waals surface area contributed by atoms with Gasteiger partial charge in [0.25, 0.3) is 5.91 Å². The molecule has 0 atom stereocenters. The van der Waals surface area contributed by atoms with Crippen molar-refractivity contribution in [3.05, 3.63) is 11.1 Å². The Morgan fingerprint density at radius 1 is 1.27 bits per heavy atom. The molecule has 1 aliphatic heterocycles. The van der Waals surface area contributed by atoms with Crippen molar-refractivity contribution < 1.29 is 9.59 Å². The van der Waals surface area contributed by atoms with E-state index in [2.05, 4.69) is 24.4 Å². The van der Waals surface area contributed by atoms with Gasteiger partial charge in [-0.25, -0.2) is 5.43 Å². The van der Waals surface area contributed by atoms with E-state index in [4.69, 9.17) is 0 Å². The summed E-state index contributed by atoms with van der Waals surface area (Å²) in [6.07, 6.45) is 8.04. The fourth-order valence-corrected chi connectivity index (χ4v) is 3.10. The molecule has 1 fully saturated rings. The second-order valence-corrected chi connectivity index (χ2v) is 6.23. The minimum absolute atomic E-state index is 0.0691. The summed E-state index contributed by atoms with van der Waals surface area (Å²) in [5, 5.41) is 4.32. The predicted octanol–water partition coefficient (Wildman–Crippen LogP) is 2.77. The Balaban J connectivity index is 1.85. The number of rotatable bonds is 7. The van der Waals surface area contributed by atoms with Crippen molar-refractivity contribution in [2.24, 2.45) is 5.10 Å².